The molecule has 2 fully saturated rings. The first-order valence-electron chi connectivity index (χ1n) is 7.95. The number of rotatable bonds is 5. The maximum atomic E-state index is 12.7. The summed E-state index contributed by atoms with van der Waals surface area (Å²) in [5.41, 5.74) is 0.581. The smallest absolute Gasteiger partial charge is 0.257 e. The second-order valence-corrected chi connectivity index (χ2v) is 6.14. The molecule has 1 aromatic rings. The van der Waals surface area contributed by atoms with E-state index in [2.05, 4.69) is 0 Å². The van der Waals surface area contributed by atoms with Gasteiger partial charge >= 0.3 is 0 Å². The standard InChI is InChI=1S/C17H23NO4/c1-21-14-4-5-15(16(10-14)22-11-12-2-3-12)17(20)18-8-6-13(19)7-9-18/h4-5,10,12-13,19H,2-3,6-9,11H2,1H3. The zero-order valence-electron chi connectivity index (χ0n) is 13.0. The molecule has 1 aromatic carbocycles. The first-order valence-corrected chi connectivity index (χ1v) is 7.95. The molecule has 1 aliphatic carbocycles. The predicted molar refractivity (Wildman–Crippen MR) is 82.4 cm³/mol. The normalized spacial score (nSPS) is 19.1. The lowest BCUT2D eigenvalue weighted by atomic mass is 10.1. The number of aliphatic hydroxyl groups excluding tert-OH is 1. The van der Waals surface area contributed by atoms with Gasteiger partial charge in [0.2, 0.25) is 0 Å². The van der Waals surface area contributed by atoms with E-state index < -0.39 is 0 Å². The van der Waals surface area contributed by atoms with Crippen molar-refractivity contribution in [2.24, 2.45) is 5.92 Å². The van der Waals surface area contributed by atoms with Crippen LogP contribution in [0.3, 0.4) is 0 Å². The molecule has 0 atom stereocenters. The summed E-state index contributed by atoms with van der Waals surface area (Å²) < 4.78 is 11.1. The Balaban J connectivity index is 1.76. The summed E-state index contributed by atoms with van der Waals surface area (Å²) in [7, 11) is 1.60. The average Bonchev–Trinajstić information content (AvgIpc) is 3.37. The van der Waals surface area contributed by atoms with Gasteiger partial charge in [0.15, 0.2) is 0 Å². The van der Waals surface area contributed by atoms with Crippen LogP contribution in [0.1, 0.15) is 36.0 Å². The molecule has 0 unspecified atom stereocenters. The van der Waals surface area contributed by atoms with Gasteiger partial charge in [-0.25, -0.2) is 0 Å². The Hall–Kier alpha value is -1.75. The van der Waals surface area contributed by atoms with Crippen molar-refractivity contribution in [3.63, 3.8) is 0 Å². The van der Waals surface area contributed by atoms with Crippen LogP contribution in [-0.4, -0.2) is 48.8 Å². The molecule has 0 bridgehead atoms. The zero-order chi connectivity index (χ0) is 15.5. The molecule has 1 N–H and O–H groups in total. The molecule has 1 saturated heterocycles. The minimum Gasteiger partial charge on any atom is -0.497 e. The topological polar surface area (TPSA) is 59.0 Å². The van der Waals surface area contributed by atoms with Gasteiger partial charge in [-0.2, -0.15) is 0 Å². The molecule has 120 valence electrons. The second kappa shape index (κ2) is 6.57. The van der Waals surface area contributed by atoms with E-state index >= 15 is 0 Å². The minimum atomic E-state index is -0.287. The Morgan fingerprint density at radius 3 is 2.64 bits per heavy atom. The van der Waals surface area contributed by atoms with Gasteiger partial charge in [-0.1, -0.05) is 0 Å². The Morgan fingerprint density at radius 1 is 1.27 bits per heavy atom. The van der Waals surface area contributed by atoms with Crippen LogP contribution in [0.15, 0.2) is 18.2 Å². The van der Waals surface area contributed by atoms with Crippen molar-refractivity contribution < 1.29 is 19.4 Å². The fraction of sp³-hybridized carbons (Fsp3) is 0.588. The van der Waals surface area contributed by atoms with Crippen LogP contribution >= 0.6 is 0 Å². The van der Waals surface area contributed by atoms with E-state index in [0.29, 0.717) is 55.5 Å². The molecule has 3 rings (SSSR count). The van der Waals surface area contributed by atoms with E-state index in [1.807, 2.05) is 0 Å². The van der Waals surface area contributed by atoms with Gasteiger partial charge in [-0.15, -0.1) is 0 Å². The number of aliphatic hydroxyl groups is 1. The van der Waals surface area contributed by atoms with Crippen molar-refractivity contribution in [3.05, 3.63) is 23.8 Å². The van der Waals surface area contributed by atoms with Crippen LogP contribution in [0.5, 0.6) is 11.5 Å². The lowest BCUT2D eigenvalue weighted by Gasteiger charge is -2.30. The van der Waals surface area contributed by atoms with Crippen LogP contribution < -0.4 is 9.47 Å². The zero-order valence-corrected chi connectivity index (χ0v) is 13.0. The third-order valence-corrected chi connectivity index (χ3v) is 4.34. The SMILES string of the molecule is COc1ccc(C(=O)N2CCC(O)CC2)c(OCC2CC2)c1. The first-order chi connectivity index (χ1) is 10.7. The van der Waals surface area contributed by atoms with Crippen molar-refractivity contribution in [1.82, 2.24) is 4.90 Å². The van der Waals surface area contributed by atoms with Gasteiger partial charge in [0.05, 0.1) is 25.4 Å². The van der Waals surface area contributed by atoms with Crippen molar-refractivity contribution in [1.29, 1.82) is 0 Å². The lowest BCUT2D eigenvalue weighted by molar-refractivity contribution is 0.0543. The third-order valence-electron chi connectivity index (χ3n) is 4.34. The molecule has 5 heteroatoms. The molecule has 1 saturated carbocycles. The summed E-state index contributed by atoms with van der Waals surface area (Å²) in [4.78, 5) is 14.5. The molecule has 1 amide bonds. The van der Waals surface area contributed by atoms with Crippen LogP contribution in [0, 0.1) is 5.92 Å². The number of piperidine rings is 1. The number of benzene rings is 1. The van der Waals surface area contributed by atoms with E-state index in [1.54, 1.807) is 30.2 Å². The Kier molecular flexibility index (Phi) is 4.52. The van der Waals surface area contributed by atoms with Gasteiger partial charge in [-0.05, 0) is 43.7 Å². The van der Waals surface area contributed by atoms with E-state index in [0.717, 1.165) is 0 Å². The molecule has 22 heavy (non-hydrogen) atoms. The Labute approximate surface area is 130 Å². The number of ether oxygens (including phenoxy) is 2. The number of carbonyl (C=O) groups excluding carboxylic acids is 1. The van der Waals surface area contributed by atoms with Crippen molar-refractivity contribution >= 4 is 5.91 Å². The van der Waals surface area contributed by atoms with Crippen molar-refractivity contribution in [2.75, 3.05) is 26.8 Å². The van der Waals surface area contributed by atoms with Crippen molar-refractivity contribution in [2.45, 2.75) is 31.8 Å². The molecule has 0 radical (unpaired) electrons. The molecule has 0 aromatic heterocycles. The Bertz CT molecular complexity index is 533. The average molecular weight is 305 g/mol. The third kappa shape index (κ3) is 3.53. The van der Waals surface area contributed by atoms with E-state index in [-0.39, 0.29) is 12.0 Å². The minimum absolute atomic E-state index is 0.0275. The number of methoxy groups -OCH3 is 1. The summed E-state index contributed by atoms with van der Waals surface area (Å²) in [6, 6.07) is 5.35. The molecule has 1 aliphatic heterocycles. The van der Waals surface area contributed by atoms with Gasteiger partial charge in [0.1, 0.15) is 11.5 Å². The quantitative estimate of drug-likeness (QED) is 0.905. The van der Waals surface area contributed by atoms with Gasteiger partial charge < -0.3 is 19.5 Å². The van der Waals surface area contributed by atoms with E-state index in [9.17, 15) is 9.90 Å². The fourth-order valence-corrected chi connectivity index (χ4v) is 2.66. The maximum Gasteiger partial charge on any atom is 0.257 e. The van der Waals surface area contributed by atoms with Crippen LogP contribution in [0.2, 0.25) is 0 Å². The maximum absolute atomic E-state index is 12.7. The van der Waals surface area contributed by atoms with Gasteiger partial charge in [0, 0.05) is 19.2 Å². The number of hydrogen-bond acceptors (Lipinski definition) is 4. The number of likely N-dealkylation sites (tertiary alicyclic amines) is 1. The highest BCUT2D eigenvalue weighted by molar-refractivity contribution is 5.97. The number of hydrogen-bond donors (Lipinski definition) is 1. The summed E-state index contributed by atoms with van der Waals surface area (Å²) in [6.45, 7) is 1.84. The number of amides is 1. The van der Waals surface area contributed by atoms with Gasteiger partial charge in [-0.3, -0.25) is 4.79 Å². The van der Waals surface area contributed by atoms with Gasteiger partial charge in [0.25, 0.3) is 5.91 Å². The number of carbonyl (C=O) groups is 1. The highest BCUT2D eigenvalue weighted by Gasteiger charge is 2.26. The molecule has 1 heterocycles. The summed E-state index contributed by atoms with van der Waals surface area (Å²) >= 11 is 0. The second-order valence-electron chi connectivity index (χ2n) is 6.14. The summed E-state index contributed by atoms with van der Waals surface area (Å²) in [6.07, 6.45) is 3.40. The van der Waals surface area contributed by atoms with Crippen LogP contribution in [0.25, 0.3) is 0 Å². The van der Waals surface area contributed by atoms with Crippen molar-refractivity contribution in [3.8, 4) is 11.5 Å². The van der Waals surface area contributed by atoms with Crippen LogP contribution in [-0.2, 0) is 0 Å². The highest BCUT2D eigenvalue weighted by atomic mass is 16.5. The summed E-state index contributed by atoms with van der Waals surface area (Å²) in [5.74, 6) is 1.89. The Morgan fingerprint density at radius 2 is 2.00 bits per heavy atom. The molecule has 5 nitrogen and oxygen atoms in total. The van der Waals surface area contributed by atoms with E-state index in [4.69, 9.17) is 9.47 Å². The first kappa shape index (κ1) is 15.2. The highest BCUT2D eigenvalue weighted by Crippen LogP contribution is 2.32. The van der Waals surface area contributed by atoms with Crippen LogP contribution in [0.4, 0.5) is 0 Å². The molecular weight excluding hydrogens is 282 g/mol. The summed E-state index contributed by atoms with van der Waals surface area (Å²) in [5, 5.41) is 9.58. The number of nitrogens with zero attached hydrogens (tertiary/aromatic N) is 1. The predicted octanol–water partition coefficient (Wildman–Crippen LogP) is 2.08. The lowest BCUT2D eigenvalue weighted by Crippen LogP contribution is -2.40. The fourth-order valence-electron chi connectivity index (χ4n) is 2.66. The monoisotopic (exact) mass is 305 g/mol. The molecular formula is C17H23NO4. The van der Waals surface area contributed by atoms with E-state index in [1.165, 1.54) is 12.8 Å². The molecule has 2 aliphatic rings. The molecule has 0 spiro atoms. The largest absolute Gasteiger partial charge is 0.497 e.